The molecule has 9 aromatic rings. The fraction of sp³-hybridized carbons (Fsp3) is 0.0189. The van der Waals surface area contributed by atoms with Crippen LogP contribution < -0.4 is 4.90 Å². The standard InChI is InChI=1S/C53H37N/c1-5-20-38(21-6-1)42-28-13-14-29-43(42)45-36-37-50(46-31-16-15-30-44(45)46)54(41-26-11-4-12-27-41)51-35-19-34-49-52(51)47-32-17-18-33-48(47)53(49,39-22-7-2-8-23-39)40-24-9-3-10-25-40/h1-37H. The summed E-state index contributed by atoms with van der Waals surface area (Å²) in [7, 11) is 0. The lowest BCUT2D eigenvalue weighted by Gasteiger charge is -2.34. The molecule has 0 aromatic heterocycles. The molecule has 0 bridgehead atoms. The van der Waals surface area contributed by atoms with E-state index in [0.717, 1.165) is 17.1 Å². The van der Waals surface area contributed by atoms with Gasteiger partial charge in [0, 0.05) is 16.6 Å². The lowest BCUT2D eigenvalue weighted by molar-refractivity contribution is 0.768. The van der Waals surface area contributed by atoms with Gasteiger partial charge in [-0.25, -0.2) is 0 Å². The van der Waals surface area contributed by atoms with Crippen molar-refractivity contribution in [2.24, 2.45) is 0 Å². The quantitative estimate of drug-likeness (QED) is 0.161. The average molecular weight is 688 g/mol. The summed E-state index contributed by atoms with van der Waals surface area (Å²) in [5.74, 6) is 0. The highest BCUT2D eigenvalue weighted by Crippen LogP contribution is 2.59. The summed E-state index contributed by atoms with van der Waals surface area (Å²) < 4.78 is 0. The van der Waals surface area contributed by atoms with Crippen molar-refractivity contribution >= 4 is 27.8 Å². The minimum atomic E-state index is -0.486. The van der Waals surface area contributed by atoms with E-state index in [-0.39, 0.29) is 0 Å². The fourth-order valence-corrected chi connectivity index (χ4v) is 8.95. The smallest absolute Gasteiger partial charge is 0.0714 e. The van der Waals surface area contributed by atoms with Gasteiger partial charge in [0.1, 0.15) is 0 Å². The van der Waals surface area contributed by atoms with Gasteiger partial charge in [0.05, 0.1) is 16.8 Å². The monoisotopic (exact) mass is 687 g/mol. The first kappa shape index (κ1) is 31.7. The molecular weight excluding hydrogens is 651 g/mol. The summed E-state index contributed by atoms with van der Waals surface area (Å²) in [6.45, 7) is 0. The molecule has 1 heteroatoms. The van der Waals surface area contributed by atoms with Crippen LogP contribution in [0.4, 0.5) is 17.1 Å². The number of fused-ring (bicyclic) bond motifs is 4. The SMILES string of the molecule is c1ccc(-c2ccccc2-c2ccc(N(c3ccccc3)c3cccc4c3-c3ccccc3C4(c3ccccc3)c3ccccc3)c3ccccc23)cc1. The van der Waals surface area contributed by atoms with Gasteiger partial charge in [0.2, 0.25) is 0 Å². The summed E-state index contributed by atoms with van der Waals surface area (Å²) in [6.07, 6.45) is 0. The van der Waals surface area contributed by atoms with Crippen molar-refractivity contribution in [3.63, 3.8) is 0 Å². The Morgan fingerprint density at radius 1 is 0.296 bits per heavy atom. The van der Waals surface area contributed by atoms with E-state index in [1.807, 2.05) is 0 Å². The van der Waals surface area contributed by atoms with Gasteiger partial charge in [-0.2, -0.15) is 0 Å². The van der Waals surface area contributed by atoms with Crippen molar-refractivity contribution in [3.8, 4) is 33.4 Å². The first-order chi connectivity index (χ1) is 26.8. The summed E-state index contributed by atoms with van der Waals surface area (Å²) >= 11 is 0. The predicted molar refractivity (Wildman–Crippen MR) is 227 cm³/mol. The number of nitrogens with zero attached hydrogens (tertiary/aromatic N) is 1. The Kier molecular flexibility index (Phi) is 7.78. The molecule has 0 aliphatic heterocycles. The van der Waals surface area contributed by atoms with Crippen molar-refractivity contribution in [2.75, 3.05) is 4.90 Å². The van der Waals surface area contributed by atoms with Crippen LogP contribution in [0.3, 0.4) is 0 Å². The van der Waals surface area contributed by atoms with Crippen LogP contribution in [-0.2, 0) is 5.41 Å². The molecule has 0 fully saturated rings. The third-order valence-electron chi connectivity index (χ3n) is 11.2. The third-order valence-corrected chi connectivity index (χ3v) is 11.2. The van der Waals surface area contributed by atoms with E-state index in [1.54, 1.807) is 0 Å². The van der Waals surface area contributed by atoms with Crippen LogP contribution in [0.15, 0.2) is 224 Å². The van der Waals surface area contributed by atoms with Gasteiger partial charge in [-0.15, -0.1) is 0 Å². The van der Waals surface area contributed by atoms with Crippen LogP contribution in [0.25, 0.3) is 44.2 Å². The second kappa shape index (κ2) is 13.2. The van der Waals surface area contributed by atoms with Crippen LogP contribution >= 0.6 is 0 Å². The molecular formula is C53H37N. The highest BCUT2D eigenvalue weighted by Gasteiger charge is 2.47. The average Bonchev–Trinajstić information content (AvgIpc) is 3.57. The Bertz CT molecular complexity index is 2710. The van der Waals surface area contributed by atoms with Gasteiger partial charge in [0.25, 0.3) is 0 Å². The summed E-state index contributed by atoms with van der Waals surface area (Å²) in [6, 6.07) is 81.9. The molecule has 0 N–H and O–H groups in total. The lowest BCUT2D eigenvalue weighted by atomic mass is 9.68. The highest BCUT2D eigenvalue weighted by atomic mass is 15.1. The molecule has 54 heavy (non-hydrogen) atoms. The molecule has 0 saturated carbocycles. The number of anilines is 3. The third kappa shape index (κ3) is 4.94. The summed E-state index contributed by atoms with van der Waals surface area (Å²) in [4.78, 5) is 2.48. The zero-order valence-electron chi connectivity index (χ0n) is 29.8. The molecule has 0 amide bonds. The number of hydrogen-bond donors (Lipinski definition) is 0. The zero-order valence-corrected chi connectivity index (χ0v) is 29.8. The largest absolute Gasteiger partial charge is 0.309 e. The Morgan fingerprint density at radius 2 is 0.815 bits per heavy atom. The minimum Gasteiger partial charge on any atom is -0.309 e. The maximum Gasteiger partial charge on any atom is 0.0714 e. The van der Waals surface area contributed by atoms with Gasteiger partial charge in [0.15, 0.2) is 0 Å². The van der Waals surface area contributed by atoms with Gasteiger partial charge in [-0.1, -0.05) is 200 Å². The second-order valence-corrected chi connectivity index (χ2v) is 14.0. The van der Waals surface area contributed by atoms with Crippen molar-refractivity contribution in [1.82, 2.24) is 0 Å². The van der Waals surface area contributed by atoms with E-state index < -0.39 is 5.41 Å². The fourth-order valence-electron chi connectivity index (χ4n) is 8.95. The van der Waals surface area contributed by atoms with Gasteiger partial charge >= 0.3 is 0 Å². The first-order valence-corrected chi connectivity index (χ1v) is 18.7. The van der Waals surface area contributed by atoms with Crippen molar-refractivity contribution < 1.29 is 0 Å². The van der Waals surface area contributed by atoms with E-state index in [0.29, 0.717) is 0 Å². The van der Waals surface area contributed by atoms with E-state index in [2.05, 4.69) is 229 Å². The maximum atomic E-state index is 2.48. The topological polar surface area (TPSA) is 3.24 Å². The summed E-state index contributed by atoms with van der Waals surface area (Å²) in [5.41, 5.74) is 15.4. The van der Waals surface area contributed by atoms with Crippen LogP contribution in [0.2, 0.25) is 0 Å². The van der Waals surface area contributed by atoms with Gasteiger partial charge in [-0.05, 0) is 79.7 Å². The van der Waals surface area contributed by atoms with Crippen molar-refractivity contribution in [2.45, 2.75) is 5.41 Å². The van der Waals surface area contributed by atoms with E-state index in [9.17, 15) is 0 Å². The summed E-state index contributed by atoms with van der Waals surface area (Å²) in [5, 5.41) is 2.41. The van der Waals surface area contributed by atoms with Crippen LogP contribution in [-0.4, -0.2) is 0 Å². The molecule has 0 spiro atoms. The molecule has 254 valence electrons. The molecule has 9 aromatic carbocycles. The van der Waals surface area contributed by atoms with E-state index in [1.165, 1.54) is 66.4 Å². The zero-order chi connectivity index (χ0) is 35.9. The first-order valence-electron chi connectivity index (χ1n) is 18.7. The second-order valence-electron chi connectivity index (χ2n) is 14.0. The van der Waals surface area contributed by atoms with E-state index in [4.69, 9.17) is 0 Å². The molecule has 0 heterocycles. The number of rotatable bonds is 7. The van der Waals surface area contributed by atoms with Crippen molar-refractivity contribution in [3.05, 3.63) is 247 Å². The molecule has 1 nitrogen and oxygen atoms in total. The predicted octanol–water partition coefficient (Wildman–Crippen LogP) is 14.0. The van der Waals surface area contributed by atoms with Gasteiger partial charge < -0.3 is 4.90 Å². The molecule has 0 unspecified atom stereocenters. The lowest BCUT2D eigenvalue weighted by Crippen LogP contribution is -2.28. The number of para-hydroxylation sites is 1. The highest BCUT2D eigenvalue weighted by molar-refractivity contribution is 6.09. The van der Waals surface area contributed by atoms with Crippen molar-refractivity contribution in [1.29, 1.82) is 0 Å². The maximum absolute atomic E-state index is 2.48. The molecule has 1 aliphatic rings. The van der Waals surface area contributed by atoms with Crippen LogP contribution in [0, 0.1) is 0 Å². The van der Waals surface area contributed by atoms with Crippen LogP contribution in [0.5, 0.6) is 0 Å². The minimum absolute atomic E-state index is 0.486. The Hall–Kier alpha value is -6.96. The Morgan fingerprint density at radius 3 is 1.50 bits per heavy atom. The number of benzene rings is 9. The molecule has 0 saturated heterocycles. The molecule has 1 aliphatic carbocycles. The normalized spacial score (nSPS) is 12.6. The Balaban J connectivity index is 1.26. The molecule has 0 atom stereocenters. The van der Waals surface area contributed by atoms with E-state index >= 15 is 0 Å². The number of hydrogen-bond acceptors (Lipinski definition) is 1. The van der Waals surface area contributed by atoms with Crippen LogP contribution in [0.1, 0.15) is 22.3 Å². The Labute approximate surface area is 317 Å². The van der Waals surface area contributed by atoms with Gasteiger partial charge in [-0.3, -0.25) is 0 Å². The molecule has 10 rings (SSSR count). The molecule has 0 radical (unpaired) electrons.